The number of alkyl halides is 1. The van der Waals surface area contributed by atoms with Gasteiger partial charge in [0.25, 0.3) is 0 Å². The molecule has 9 nitrogen and oxygen atoms in total. The molecule has 0 spiro atoms. The number of benzene rings is 1. The van der Waals surface area contributed by atoms with Crippen LogP contribution in [0, 0.1) is 5.82 Å². The van der Waals surface area contributed by atoms with Crippen LogP contribution in [0.25, 0.3) is 16.9 Å². The fourth-order valence-corrected chi connectivity index (χ4v) is 4.45. The molecule has 0 aliphatic heterocycles. The Bertz CT molecular complexity index is 1410. The number of aromatic nitrogens is 5. The van der Waals surface area contributed by atoms with Crippen molar-refractivity contribution in [3.05, 3.63) is 59.3 Å². The van der Waals surface area contributed by atoms with Crippen LogP contribution in [0.3, 0.4) is 0 Å². The molecule has 3 aromatic heterocycles. The summed E-state index contributed by atoms with van der Waals surface area (Å²) in [7, 11) is 0. The maximum atomic E-state index is 14.6. The number of rotatable bonds is 6. The smallest absolute Gasteiger partial charge is 0.407 e. The second-order valence-corrected chi connectivity index (χ2v) is 9.42. The number of ether oxygens (including phenoxy) is 1. The quantitative estimate of drug-likeness (QED) is 0.318. The molecule has 36 heavy (non-hydrogen) atoms. The van der Waals surface area contributed by atoms with Gasteiger partial charge in [-0.1, -0.05) is 11.6 Å². The maximum absolute atomic E-state index is 14.6. The first kappa shape index (κ1) is 24.0. The molecule has 5 rings (SSSR count). The summed E-state index contributed by atoms with van der Waals surface area (Å²) >= 11 is 5.95. The van der Waals surface area contributed by atoms with E-state index in [9.17, 15) is 13.6 Å². The van der Waals surface area contributed by atoms with E-state index in [1.807, 2.05) is 13.8 Å². The van der Waals surface area contributed by atoms with Gasteiger partial charge in [-0.3, -0.25) is 9.50 Å². The second kappa shape index (κ2) is 9.73. The first-order chi connectivity index (χ1) is 17.3. The minimum atomic E-state index is -1.26. The Labute approximate surface area is 210 Å². The highest BCUT2D eigenvalue weighted by atomic mass is 35.5. The number of imidazole rings is 1. The van der Waals surface area contributed by atoms with Gasteiger partial charge < -0.3 is 15.4 Å². The van der Waals surface area contributed by atoms with Crippen LogP contribution in [0.1, 0.15) is 38.3 Å². The van der Waals surface area contributed by atoms with Crippen molar-refractivity contribution < 1.29 is 18.3 Å². The van der Waals surface area contributed by atoms with Gasteiger partial charge in [0, 0.05) is 47.7 Å². The molecule has 0 saturated heterocycles. The summed E-state index contributed by atoms with van der Waals surface area (Å²) in [5, 5.41) is 13.0. The van der Waals surface area contributed by atoms with Crippen LogP contribution in [-0.2, 0) is 4.74 Å². The number of aromatic amines is 1. The van der Waals surface area contributed by atoms with Crippen molar-refractivity contribution in [1.29, 1.82) is 0 Å². The van der Waals surface area contributed by atoms with Gasteiger partial charge in [-0.25, -0.2) is 23.5 Å². The van der Waals surface area contributed by atoms with E-state index in [-0.39, 0.29) is 23.4 Å². The van der Waals surface area contributed by atoms with Crippen molar-refractivity contribution in [3.8, 4) is 11.3 Å². The summed E-state index contributed by atoms with van der Waals surface area (Å²) in [5.74, 6) is 0.202. The molecule has 0 unspecified atom stereocenters. The van der Waals surface area contributed by atoms with Crippen molar-refractivity contribution in [3.63, 3.8) is 0 Å². The number of carbonyl (C=O) groups is 1. The molecule has 1 amide bonds. The van der Waals surface area contributed by atoms with Crippen molar-refractivity contribution in [2.75, 3.05) is 5.32 Å². The summed E-state index contributed by atoms with van der Waals surface area (Å²) in [6.07, 6.45) is 1.23. The number of fused-ring (bicyclic) bond motifs is 1. The summed E-state index contributed by atoms with van der Waals surface area (Å²) in [6, 6.07) is 7.82. The van der Waals surface area contributed by atoms with E-state index >= 15 is 0 Å². The number of halogens is 3. The number of carbonyl (C=O) groups excluding carboxylic acids is 1. The largest absolute Gasteiger partial charge is 0.443 e. The molecule has 3 heterocycles. The minimum Gasteiger partial charge on any atom is -0.443 e. The number of hydrogen-bond donors (Lipinski definition) is 3. The molecule has 1 aliphatic rings. The molecule has 0 radical (unpaired) electrons. The Morgan fingerprint density at radius 3 is 2.89 bits per heavy atom. The van der Waals surface area contributed by atoms with Gasteiger partial charge in [-0.15, -0.1) is 0 Å². The lowest BCUT2D eigenvalue weighted by Gasteiger charge is -2.16. The van der Waals surface area contributed by atoms with Gasteiger partial charge >= 0.3 is 6.09 Å². The lowest BCUT2D eigenvalue weighted by Crippen LogP contribution is -2.35. The van der Waals surface area contributed by atoms with E-state index in [2.05, 4.69) is 30.8 Å². The molecule has 4 aromatic rings. The normalized spacial score (nSPS) is 19.7. The summed E-state index contributed by atoms with van der Waals surface area (Å²) in [4.78, 5) is 20.9. The highest BCUT2D eigenvalue weighted by molar-refractivity contribution is 6.31. The number of amides is 1. The lowest BCUT2D eigenvalue weighted by molar-refractivity contribution is 0.0593. The van der Waals surface area contributed by atoms with Crippen LogP contribution < -0.4 is 10.6 Å². The van der Waals surface area contributed by atoms with Gasteiger partial charge in [0.15, 0.2) is 5.82 Å². The third kappa shape index (κ3) is 4.97. The minimum absolute atomic E-state index is 0.00401. The van der Waals surface area contributed by atoms with E-state index < -0.39 is 24.2 Å². The highest BCUT2D eigenvalue weighted by Crippen LogP contribution is 2.38. The van der Waals surface area contributed by atoms with E-state index in [1.165, 1.54) is 12.1 Å². The zero-order valence-electron chi connectivity index (χ0n) is 19.5. The zero-order chi connectivity index (χ0) is 25.4. The molecular formula is C24H24ClF2N7O2. The van der Waals surface area contributed by atoms with Crippen LogP contribution in [0.5, 0.6) is 0 Å². The average Bonchev–Trinajstić information content (AvgIpc) is 3.56. The fourth-order valence-electron chi connectivity index (χ4n) is 4.27. The Kier molecular flexibility index (Phi) is 6.48. The number of alkyl carbamates (subject to hydrolysis) is 1. The van der Waals surface area contributed by atoms with E-state index in [0.29, 0.717) is 35.1 Å². The van der Waals surface area contributed by atoms with Crippen molar-refractivity contribution in [1.82, 2.24) is 29.9 Å². The standard InChI is InChI=1S/C24H24ClF2N7O2/c1-12(2)29-24(35)36-20-9-14(8-17(20)27)19-10-21(33-32-19)31-23-30-18(11-22-28-5-6-34(22)23)13-3-4-16(26)15(25)7-13/h3-7,10-12,14,17,20H,8-9H2,1-2H3,(H,29,35)(H2,30,31,32,33)/t14-,17+,20-/m0/s1. The highest BCUT2D eigenvalue weighted by Gasteiger charge is 2.38. The SMILES string of the molecule is CC(C)NC(=O)O[C@H]1C[C@@H](c2cc(Nc3nc(-c4ccc(F)c(Cl)c4)cc4nccn34)n[nH]2)C[C@H]1F. The van der Waals surface area contributed by atoms with Crippen LogP contribution in [-0.4, -0.2) is 49.0 Å². The monoisotopic (exact) mass is 515 g/mol. The van der Waals surface area contributed by atoms with E-state index in [1.54, 1.807) is 35.0 Å². The molecule has 0 bridgehead atoms. The van der Waals surface area contributed by atoms with Crippen LogP contribution in [0.15, 0.2) is 42.7 Å². The third-order valence-electron chi connectivity index (χ3n) is 5.98. The molecule has 3 N–H and O–H groups in total. The van der Waals surface area contributed by atoms with E-state index in [0.717, 1.165) is 5.69 Å². The molecule has 188 valence electrons. The number of anilines is 2. The Balaban J connectivity index is 1.34. The summed E-state index contributed by atoms with van der Waals surface area (Å²) in [6.45, 7) is 3.61. The first-order valence-corrected chi connectivity index (χ1v) is 11.9. The molecule has 1 saturated carbocycles. The van der Waals surface area contributed by atoms with Gasteiger partial charge in [0.05, 0.1) is 10.7 Å². The summed E-state index contributed by atoms with van der Waals surface area (Å²) in [5.41, 5.74) is 2.52. The molecule has 1 aliphatic carbocycles. The van der Waals surface area contributed by atoms with Gasteiger partial charge in [0.1, 0.15) is 23.7 Å². The molecule has 1 aromatic carbocycles. The van der Waals surface area contributed by atoms with Gasteiger partial charge in [-0.05, 0) is 44.9 Å². The van der Waals surface area contributed by atoms with Crippen LogP contribution in [0.4, 0.5) is 25.3 Å². The molecular weight excluding hydrogens is 492 g/mol. The topological polar surface area (TPSA) is 109 Å². The van der Waals surface area contributed by atoms with Crippen molar-refractivity contribution >= 4 is 35.1 Å². The molecule has 12 heteroatoms. The number of nitrogens with zero attached hydrogens (tertiary/aromatic N) is 4. The van der Waals surface area contributed by atoms with Crippen LogP contribution >= 0.6 is 11.6 Å². The Morgan fingerprint density at radius 1 is 1.28 bits per heavy atom. The predicted molar refractivity (Wildman–Crippen MR) is 131 cm³/mol. The van der Waals surface area contributed by atoms with Gasteiger partial charge in [-0.2, -0.15) is 5.10 Å². The zero-order valence-corrected chi connectivity index (χ0v) is 20.3. The fraction of sp³-hybridized carbons (Fsp3) is 0.333. The van der Waals surface area contributed by atoms with Gasteiger partial charge in [0.2, 0.25) is 5.95 Å². The Morgan fingerprint density at radius 2 is 2.11 bits per heavy atom. The number of nitrogens with one attached hydrogen (secondary N) is 3. The van der Waals surface area contributed by atoms with Crippen molar-refractivity contribution in [2.24, 2.45) is 0 Å². The molecule has 3 atom stereocenters. The number of hydrogen-bond acceptors (Lipinski definition) is 6. The number of H-pyrrole nitrogens is 1. The maximum Gasteiger partial charge on any atom is 0.407 e. The summed E-state index contributed by atoms with van der Waals surface area (Å²) < 4.78 is 35.2. The Hall–Kier alpha value is -3.73. The second-order valence-electron chi connectivity index (χ2n) is 9.01. The van der Waals surface area contributed by atoms with Crippen molar-refractivity contribution in [2.45, 2.75) is 50.9 Å². The average molecular weight is 516 g/mol. The van der Waals surface area contributed by atoms with Crippen LogP contribution in [0.2, 0.25) is 5.02 Å². The lowest BCUT2D eigenvalue weighted by atomic mass is 10.0. The third-order valence-corrected chi connectivity index (χ3v) is 6.27. The molecule has 1 fully saturated rings. The van der Waals surface area contributed by atoms with E-state index in [4.69, 9.17) is 16.3 Å². The first-order valence-electron chi connectivity index (χ1n) is 11.5. The predicted octanol–water partition coefficient (Wildman–Crippen LogP) is 5.37.